The molecule has 0 saturated carbocycles. The van der Waals surface area contributed by atoms with Gasteiger partial charge < -0.3 is 15.1 Å². The van der Waals surface area contributed by atoms with E-state index in [-0.39, 0.29) is 0 Å². The largest absolute Gasteiger partial charge is 0.345 e. The molecule has 0 radical (unpaired) electrons. The highest BCUT2D eigenvalue weighted by Crippen LogP contribution is 2.52. The molecule has 0 spiro atoms. The van der Waals surface area contributed by atoms with E-state index >= 15 is 0 Å². The van der Waals surface area contributed by atoms with Gasteiger partial charge in [-0.3, -0.25) is 4.57 Å². The van der Waals surface area contributed by atoms with Gasteiger partial charge in [0.2, 0.25) is 0 Å². The first kappa shape index (κ1) is 8.21. The lowest BCUT2D eigenvalue weighted by molar-refractivity contribution is 0.320. The summed E-state index contributed by atoms with van der Waals surface area (Å²) in [5, 5.41) is 1.86. The van der Waals surface area contributed by atoms with Crippen LogP contribution in [-0.2, 0) is 4.57 Å². The Balaban J connectivity index is 2.78. The van der Waals surface area contributed by atoms with Crippen molar-refractivity contribution < 1.29 is 14.4 Å². The van der Waals surface area contributed by atoms with E-state index in [2.05, 4.69) is 5.32 Å². The maximum Gasteiger partial charge on any atom is 0.345 e. The fourth-order valence-electron chi connectivity index (χ4n) is 1.13. The van der Waals surface area contributed by atoms with E-state index in [4.69, 9.17) is 9.79 Å². The molecular formula is C5H12NO3P. The molecule has 0 bridgehead atoms. The molecule has 1 heterocycles. The molecular weight excluding hydrogens is 153 g/mol. The van der Waals surface area contributed by atoms with Gasteiger partial charge in [0.1, 0.15) is 5.28 Å². The molecule has 1 aliphatic heterocycles. The van der Waals surface area contributed by atoms with E-state index in [1.807, 2.05) is 0 Å². The van der Waals surface area contributed by atoms with Crippen molar-refractivity contribution in [3.63, 3.8) is 0 Å². The Morgan fingerprint density at radius 1 is 1.60 bits per heavy atom. The molecule has 1 aliphatic rings. The van der Waals surface area contributed by atoms with Crippen LogP contribution >= 0.6 is 7.60 Å². The summed E-state index contributed by atoms with van der Waals surface area (Å²) < 4.78 is 10.8. The Labute approximate surface area is 59.8 Å². The lowest BCUT2D eigenvalue weighted by atomic mass is 10.2. The summed E-state index contributed by atoms with van der Waals surface area (Å²) in [5.41, 5.74) is 0. The zero-order valence-corrected chi connectivity index (χ0v) is 6.77. The standard InChI is InChI=1S/C5H12NO3P/c1-5(10(7,8)9)3-2-4-6-5/h6H,2-4H2,1H3,(H2,7,8,9). The lowest BCUT2D eigenvalue weighted by Gasteiger charge is -2.24. The van der Waals surface area contributed by atoms with Crippen LogP contribution in [-0.4, -0.2) is 21.6 Å². The van der Waals surface area contributed by atoms with Gasteiger partial charge in [-0.15, -0.1) is 0 Å². The summed E-state index contributed by atoms with van der Waals surface area (Å²) in [5.74, 6) is 0. The van der Waals surface area contributed by atoms with Gasteiger partial charge in [0.25, 0.3) is 0 Å². The van der Waals surface area contributed by atoms with Crippen LogP contribution in [0.15, 0.2) is 0 Å². The molecule has 0 aromatic heterocycles. The minimum absolute atomic E-state index is 0.567. The van der Waals surface area contributed by atoms with Crippen molar-refractivity contribution in [2.45, 2.75) is 25.0 Å². The third-order valence-corrected chi connectivity index (χ3v) is 3.66. The summed E-state index contributed by atoms with van der Waals surface area (Å²) in [7, 11) is -3.94. The molecule has 1 unspecified atom stereocenters. The highest BCUT2D eigenvalue weighted by Gasteiger charge is 2.44. The Bertz CT molecular complexity index is 170. The zero-order chi connectivity index (χ0) is 7.83. The predicted molar refractivity (Wildman–Crippen MR) is 37.7 cm³/mol. The third kappa shape index (κ3) is 1.25. The Morgan fingerprint density at radius 3 is 2.40 bits per heavy atom. The van der Waals surface area contributed by atoms with E-state index in [0.29, 0.717) is 13.0 Å². The van der Waals surface area contributed by atoms with Gasteiger partial charge in [-0.2, -0.15) is 0 Å². The van der Waals surface area contributed by atoms with Crippen molar-refractivity contribution in [2.24, 2.45) is 0 Å². The molecule has 0 aliphatic carbocycles. The molecule has 1 atom stereocenters. The van der Waals surface area contributed by atoms with Gasteiger partial charge in [0.15, 0.2) is 0 Å². The van der Waals surface area contributed by atoms with E-state index in [1.54, 1.807) is 6.92 Å². The second-order valence-corrected chi connectivity index (χ2v) is 4.92. The van der Waals surface area contributed by atoms with Gasteiger partial charge in [0.05, 0.1) is 0 Å². The Morgan fingerprint density at radius 2 is 2.20 bits per heavy atom. The van der Waals surface area contributed by atoms with Crippen molar-refractivity contribution in [1.29, 1.82) is 0 Å². The highest BCUT2D eigenvalue weighted by molar-refractivity contribution is 7.53. The first-order valence-corrected chi connectivity index (χ1v) is 4.88. The van der Waals surface area contributed by atoms with Crippen molar-refractivity contribution in [1.82, 2.24) is 5.32 Å². The molecule has 1 fully saturated rings. The van der Waals surface area contributed by atoms with Crippen molar-refractivity contribution in [3.8, 4) is 0 Å². The number of nitrogens with one attached hydrogen (secondary N) is 1. The van der Waals surface area contributed by atoms with Crippen LogP contribution in [0.2, 0.25) is 0 Å². The Kier molecular flexibility index (Phi) is 1.90. The molecule has 5 heteroatoms. The van der Waals surface area contributed by atoms with Crippen LogP contribution in [0.5, 0.6) is 0 Å². The normalized spacial score (nSPS) is 34.7. The molecule has 0 amide bonds. The number of rotatable bonds is 1. The van der Waals surface area contributed by atoms with Gasteiger partial charge in [-0.25, -0.2) is 0 Å². The molecule has 0 aromatic rings. The van der Waals surface area contributed by atoms with Gasteiger partial charge >= 0.3 is 7.60 Å². The topological polar surface area (TPSA) is 69.6 Å². The quantitative estimate of drug-likeness (QED) is 0.487. The number of hydrogen-bond acceptors (Lipinski definition) is 2. The maximum atomic E-state index is 10.8. The molecule has 1 rings (SSSR count). The predicted octanol–water partition coefficient (Wildman–Crippen LogP) is 0.264. The summed E-state index contributed by atoms with van der Waals surface area (Å²) in [6, 6.07) is 0. The van der Waals surface area contributed by atoms with Crippen LogP contribution in [0.3, 0.4) is 0 Å². The Hall–Kier alpha value is 0.110. The molecule has 3 N–H and O–H groups in total. The van der Waals surface area contributed by atoms with E-state index < -0.39 is 12.9 Å². The molecule has 10 heavy (non-hydrogen) atoms. The summed E-state index contributed by atoms with van der Waals surface area (Å²) in [6.07, 6.45) is 1.42. The van der Waals surface area contributed by atoms with Crippen molar-refractivity contribution in [2.75, 3.05) is 6.54 Å². The first-order chi connectivity index (χ1) is 4.46. The lowest BCUT2D eigenvalue weighted by Crippen LogP contribution is -2.35. The zero-order valence-electron chi connectivity index (χ0n) is 5.87. The third-order valence-electron chi connectivity index (χ3n) is 1.99. The van der Waals surface area contributed by atoms with Crippen LogP contribution in [0.1, 0.15) is 19.8 Å². The monoisotopic (exact) mass is 165 g/mol. The van der Waals surface area contributed by atoms with Gasteiger partial charge in [0, 0.05) is 0 Å². The van der Waals surface area contributed by atoms with E-state index in [9.17, 15) is 4.57 Å². The molecule has 0 aromatic carbocycles. The molecule has 60 valence electrons. The highest BCUT2D eigenvalue weighted by atomic mass is 31.2. The summed E-state index contributed by atoms with van der Waals surface area (Å²) >= 11 is 0. The second kappa shape index (κ2) is 2.31. The fraction of sp³-hybridized carbons (Fsp3) is 1.00. The molecule has 4 nitrogen and oxygen atoms in total. The summed E-state index contributed by atoms with van der Waals surface area (Å²) in [6.45, 7) is 2.28. The smallest absolute Gasteiger partial charge is 0.323 e. The maximum absolute atomic E-state index is 10.8. The van der Waals surface area contributed by atoms with Crippen LogP contribution < -0.4 is 5.32 Å². The van der Waals surface area contributed by atoms with Crippen LogP contribution in [0.4, 0.5) is 0 Å². The minimum atomic E-state index is -3.94. The average Bonchev–Trinajstić information content (AvgIpc) is 2.13. The van der Waals surface area contributed by atoms with Crippen LogP contribution in [0.25, 0.3) is 0 Å². The summed E-state index contributed by atoms with van der Waals surface area (Å²) in [4.78, 5) is 17.7. The number of hydrogen-bond donors (Lipinski definition) is 3. The average molecular weight is 165 g/mol. The van der Waals surface area contributed by atoms with Crippen molar-refractivity contribution >= 4 is 7.60 Å². The van der Waals surface area contributed by atoms with E-state index in [1.165, 1.54) is 0 Å². The van der Waals surface area contributed by atoms with Crippen molar-refractivity contribution in [3.05, 3.63) is 0 Å². The molecule has 1 saturated heterocycles. The van der Waals surface area contributed by atoms with E-state index in [0.717, 1.165) is 6.42 Å². The SMILES string of the molecule is CC1(P(=O)(O)O)CCCN1. The second-order valence-electron chi connectivity index (χ2n) is 2.85. The van der Waals surface area contributed by atoms with Crippen LogP contribution in [0, 0.1) is 0 Å². The fourth-order valence-corrected chi connectivity index (χ4v) is 1.89. The minimum Gasteiger partial charge on any atom is -0.323 e. The first-order valence-electron chi connectivity index (χ1n) is 3.26. The van der Waals surface area contributed by atoms with Gasteiger partial charge in [-0.1, -0.05) is 0 Å². The van der Waals surface area contributed by atoms with Gasteiger partial charge in [-0.05, 0) is 26.3 Å².